The number of carbonyl (C=O) groups is 3. The Labute approximate surface area is 524 Å². The second-order valence-corrected chi connectivity index (χ2v) is 24.6. The first-order chi connectivity index (χ1) is 42.4. The van der Waals surface area contributed by atoms with Crippen LogP contribution in [0.25, 0.3) is 33.7 Å². The Morgan fingerprint density at radius 2 is 1.72 bits per heavy atom. The van der Waals surface area contributed by atoms with Crippen LogP contribution in [-0.4, -0.2) is 147 Å². The average molecular weight is 1200 g/mol. The van der Waals surface area contributed by atoms with Crippen LogP contribution >= 0.6 is 0 Å². The molecule has 3 aromatic carbocycles. The zero-order valence-corrected chi connectivity index (χ0v) is 54.6. The van der Waals surface area contributed by atoms with Crippen molar-refractivity contribution >= 4 is 58.2 Å². The number of anilines is 2. The van der Waals surface area contributed by atoms with E-state index in [9.17, 15) is 14.4 Å². The second kappa shape index (κ2) is 31.7. The number of amides is 1. The second-order valence-electron chi connectivity index (χ2n) is 24.6. The summed E-state index contributed by atoms with van der Waals surface area (Å²) in [5, 5.41) is 22.8. The summed E-state index contributed by atoms with van der Waals surface area (Å²) < 4.78 is 1.76. The van der Waals surface area contributed by atoms with Crippen molar-refractivity contribution in [3.05, 3.63) is 148 Å². The summed E-state index contributed by atoms with van der Waals surface area (Å²) in [5.41, 5.74) is 26.9. The maximum atomic E-state index is 14.0. The van der Waals surface area contributed by atoms with Crippen molar-refractivity contribution in [2.24, 2.45) is 34.2 Å². The molecular weight excluding hydrogens is 1100 g/mol. The number of nitrogens with zero attached hydrogens (tertiary/aromatic N) is 7. The van der Waals surface area contributed by atoms with E-state index in [2.05, 4.69) is 139 Å². The molecule has 9 N–H and O–H groups in total. The van der Waals surface area contributed by atoms with Crippen molar-refractivity contribution in [2.45, 2.75) is 122 Å². The molecule has 17 nitrogen and oxygen atoms in total. The van der Waals surface area contributed by atoms with E-state index in [1.54, 1.807) is 15.7 Å². The summed E-state index contributed by atoms with van der Waals surface area (Å²) >= 11 is 0. The molecule has 0 spiro atoms. The van der Waals surface area contributed by atoms with Crippen molar-refractivity contribution in [3.8, 4) is 11.1 Å². The Hall–Kier alpha value is -7.41. The van der Waals surface area contributed by atoms with Crippen LogP contribution in [0.3, 0.4) is 0 Å². The van der Waals surface area contributed by atoms with Crippen molar-refractivity contribution in [2.75, 3.05) is 92.2 Å². The zero-order valence-electron chi connectivity index (χ0n) is 54.6. The summed E-state index contributed by atoms with van der Waals surface area (Å²) in [4.78, 5) is 56.5. The molecular formula is C71H100N14O3. The van der Waals surface area contributed by atoms with Crippen LogP contribution in [0.2, 0.25) is 0 Å². The lowest BCUT2D eigenvalue weighted by atomic mass is 9.73. The van der Waals surface area contributed by atoms with Crippen LogP contribution < -0.4 is 38.1 Å². The standard InChI is InChI=1S/C52H65N9O3.C14H21N3.C5H14N2/c1-9-42-46(31(5)19-20-52(42,6)55-8)47-38(48-40(24-39(47)33-15-16-33)50(58-45(29-63)57-48)56-26-35-23-34(35)25-53)18-14-32-13-17-37(44(22-32)54-7)41-27-61(59-43(41)10-2)49(30(3)4)51(64)60-21-11-12-36(60)28-62;1-4-17-14(9-10-15)13-7-5-12(6-8-13)11(2)16-3;1-6-4-5-7(2)3/h9-10,13,17,19,22,24,27-30,33-36,49,54-55H,1-2,11-12,14-16,18,20-21,23,25-26,53H2,3-8H3,(H,56,57,58);5-11,16H,4,15H2,1-3H3;6H,4-5H2,1-3H3/b;10-9-,17-14?;. The summed E-state index contributed by atoms with van der Waals surface area (Å²) in [6, 6.07) is 16.6. The lowest BCUT2D eigenvalue weighted by Gasteiger charge is -2.37. The summed E-state index contributed by atoms with van der Waals surface area (Å²) in [6.07, 6.45) is 20.0. The van der Waals surface area contributed by atoms with Crippen molar-refractivity contribution in [1.82, 2.24) is 45.5 Å². The van der Waals surface area contributed by atoms with Crippen LogP contribution in [0, 0.1) is 17.8 Å². The van der Waals surface area contributed by atoms with Crippen molar-refractivity contribution in [1.29, 1.82) is 0 Å². The molecule has 3 aliphatic carbocycles. The topological polar surface area (TPSA) is 226 Å². The number of aromatic nitrogens is 4. The maximum Gasteiger partial charge on any atom is 0.248 e. The van der Waals surface area contributed by atoms with Gasteiger partial charge in [0.25, 0.3) is 0 Å². The normalized spacial score (nSPS) is 19.9. The quantitative estimate of drug-likeness (QED) is 0.0192. The molecule has 472 valence electrons. The van der Waals surface area contributed by atoms with Gasteiger partial charge in [0.05, 0.1) is 23.0 Å². The third-order valence-electron chi connectivity index (χ3n) is 17.9. The molecule has 2 saturated carbocycles. The molecule has 9 rings (SSSR count). The number of carbonyl (C=O) groups excluding carboxylic acids is 3. The van der Waals surface area contributed by atoms with Crippen molar-refractivity contribution in [3.63, 3.8) is 0 Å². The molecule has 6 unspecified atom stereocenters. The fourth-order valence-electron chi connectivity index (χ4n) is 12.2. The van der Waals surface area contributed by atoms with Gasteiger partial charge in [-0.25, -0.2) is 9.97 Å². The highest BCUT2D eigenvalue weighted by Gasteiger charge is 2.39. The summed E-state index contributed by atoms with van der Waals surface area (Å²) in [5.74, 6) is 2.11. The lowest BCUT2D eigenvalue weighted by molar-refractivity contribution is -0.139. The van der Waals surface area contributed by atoms with E-state index in [1.807, 2.05) is 67.3 Å². The number of allylic oxidation sites excluding steroid dienone is 3. The van der Waals surface area contributed by atoms with Gasteiger partial charge in [-0.15, -0.1) is 0 Å². The first kappa shape index (κ1) is 68.1. The fraction of sp³-hybridized carbons (Fsp3) is 0.479. The van der Waals surface area contributed by atoms with Crippen LogP contribution in [0.5, 0.6) is 0 Å². The molecule has 6 atom stereocenters. The largest absolute Gasteiger partial charge is 0.405 e. The van der Waals surface area contributed by atoms with Gasteiger partial charge in [0.2, 0.25) is 5.91 Å². The Morgan fingerprint density at radius 1 is 0.966 bits per heavy atom. The van der Waals surface area contributed by atoms with E-state index in [-0.39, 0.29) is 23.2 Å². The highest BCUT2D eigenvalue weighted by molar-refractivity contribution is 6.08. The summed E-state index contributed by atoms with van der Waals surface area (Å²) in [6.45, 7) is 26.0. The zero-order chi connectivity index (χ0) is 63.8. The van der Waals surface area contributed by atoms with Crippen LogP contribution in [-0.2, 0) is 22.4 Å². The number of hydrogen-bond acceptors (Lipinski definition) is 15. The van der Waals surface area contributed by atoms with Crippen molar-refractivity contribution < 1.29 is 14.4 Å². The smallest absolute Gasteiger partial charge is 0.248 e. The van der Waals surface area contributed by atoms with Gasteiger partial charge in [0.15, 0.2) is 12.1 Å². The predicted molar refractivity (Wildman–Crippen MR) is 365 cm³/mol. The third-order valence-corrected chi connectivity index (χ3v) is 17.9. The minimum Gasteiger partial charge on any atom is -0.405 e. The number of nitrogens with two attached hydrogens (primary N) is 2. The Kier molecular flexibility index (Phi) is 24.5. The molecule has 0 bridgehead atoms. The van der Waals surface area contributed by atoms with Gasteiger partial charge in [-0.2, -0.15) is 5.10 Å². The third kappa shape index (κ3) is 16.1. The van der Waals surface area contributed by atoms with Gasteiger partial charge in [-0.05, 0) is 225 Å². The highest BCUT2D eigenvalue weighted by atomic mass is 16.2. The van der Waals surface area contributed by atoms with Crippen LogP contribution in [0.15, 0.2) is 108 Å². The van der Waals surface area contributed by atoms with Gasteiger partial charge in [0.1, 0.15) is 18.1 Å². The van der Waals surface area contributed by atoms with Gasteiger partial charge < -0.3 is 52.6 Å². The molecule has 3 fully saturated rings. The lowest BCUT2D eigenvalue weighted by Crippen LogP contribution is -2.43. The van der Waals surface area contributed by atoms with E-state index < -0.39 is 12.1 Å². The molecule has 4 aliphatic rings. The monoisotopic (exact) mass is 1200 g/mol. The van der Waals surface area contributed by atoms with Gasteiger partial charge in [-0.3, -0.25) is 19.3 Å². The van der Waals surface area contributed by atoms with E-state index in [0.29, 0.717) is 67.7 Å². The number of aliphatic imine (C=N–C) groups is 1. The first-order valence-corrected chi connectivity index (χ1v) is 31.7. The number of likely N-dealkylation sites (N-methyl/N-ethyl adjacent to an activating group) is 3. The van der Waals surface area contributed by atoms with E-state index in [1.165, 1.54) is 34.0 Å². The number of aldehydes is 2. The SMILES string of the molecule is C=CC1=C(c2c(C3CC3)cc3c(NCC4CC4CN)nc(C=O)nc3c2CCc2ccc(-c3cn(C(C(=O)N4CCCC4C=O)C(C)C)nc3C=C)c(NC)c2)C(C)=CCC1(C)NC.CCN=C(/C=C\N)c1ccc(C(C)NC)cc1.CNCCN(C)C. The first-order valence-electron chi connectivity index (χ1n) is 31.7. The van der Waals surface area contributed by atoms with Gasteiger partial charge in [-0.1, -0.05) is 75.6 Å². The number of aryl methyl sites for hydroxylation is 2. The number of rotatable bonds is 27. The molecule has 1 aliphatic heterocycles. The Balaban J connectivity index is 0.000000384. The number of nitrogens with one attached hydrogen (secondary N) is 5. The molecule has 1 saturated heterocycles. The van der Waals surface area contributed by atoms with Gasteiger partial charge in [0, 0.05) is 79.7 Å². The predicted octanol–water partition coefficient (Wildman–Crippen LogP) is 10.3. The van der Waals surface area contributed by atoms with E-state index in [0.717, 1.165) is 127 Å². The molecule has 88 heavy (non-hydrogen) atoms. The molecule has 3 heterocycles. The van der Waals surface area contributed by atoms with Crippen LogP contribution in [0.1, 0.15) is 148 Å². The number of benzene rings is 3. The molecule has 1 amide bonds. The van der Waals surface area contributed by atoms with Gasteiger partial charge >= 0.3 is 0 Å². The fourth-order valence-corrected chi connectivity index (χ4v) is 12.2. The van der Waals surface area contributed by atoms with E-state index in [4.69, 9.17) is 26.5 Å². The molecule has 0 radical (unpaired) electrons. The maximum absolute atomic E-state index is 14.0. The number of likely N-dealkylation sites (tertiary alicyclic amines) is 1. The molecule has 2 aromatic heterocycles. The Bertz CT molecular complexity index is 3370. The molecule has 5 aromatic rings. The summed E-state index contributed by atoms with van der Waals surface area (Å²) in [7, 11) is 12.0. The highest BCUT2D eigenvalue weighted by Crippen LogP contribution is 2.51. The molecule has 17 heteroatoms. The minimum absolute atomic E-state index is 0.0593. The average Bonchev–Trinajstić information content (AvgIpc) is 1.32. The number of fused-ring (bicyclic) bond motifs is 1. The Morgan fingerprint density at radius 3 is 2.28 bits per heavy atom. The number of hydrogen-bond donors (Lipinski definition) is 7. The van der Waals surface area contributed by atoms with E-state index >= 15 is 0 Å². The van der Waals surface area contributed by atoms with Crippen LogP contribution in [0.4, 0.5) is 11.5 Å². The minimum atomic E-state index is -0.568.